The van der Waals surface area contributed by atoms with Gasteiger partial charge < -0.3 is 10.5 Å². The Morgan fingerprint density at radius 3 is 2.71 bits per heavy atom. The third-order valence-corrected chi connectivity index (χ3v) is 5.49. The monoisotopic (exact) mass is 385 g/mol. The quantitative estimate of drug-likeness (QED) is 0.590. The van der Waals surface area contributed by atoms with Gasteiger partial charge in [-0.05, 0) is 18.4 Å². The Kier molecular flexibility index (Phi) is 5.49. The van der Waals surface area contributed by atoms with E-state index in [9.17, 15) is 20.2 Å². The van der Waals surface area contributed by atoms with Gasteiger partial charge in [0.2, 0.25) is 0 Å². The molecule has 1 aromatic rings. The molecule has 1 saturated carbocycles. The number of carbonyl (C=O) groups excluding carboxylic acids is 1. The number of likely N-dealkylation sites (N-methyl/N-ethyl adjacent to an activating group) is 1. The molecule has 0 bridgehead atoms. The summed E-state index contributed by atoms with van der Waals surface area (Å²) in [5.41, 5.74) is 4.70. The van der Waals surface area contributed by atoms with E-state index in [1.165, 1.54) is 29.5 Å². The van der Waals surface area contributed by atoms with E-state index in [0.717, 1.165) is 25.7 Å². The lowest BCUT2D eigenvalue weighted by molar-refractivity contribution is -0.384. The molecule has 1 atom stereocenters. The number of nitrogens with two attached hydrogens (primary N) is 1. The maximum Gasteiger partial charge on any atom is 0.273 e. The van der Waals surface area contributed by atoms with Gasteiger partial charge in [0.15, 0.2) is 11.5 Å². The number of rotatable bonds is 6. The van der Waals surface area contributed by atoms with Crippen LogP contribution in [0.1, 0.15) is 44.1 Å². The molecule has 1 aliphatic carbocycles. The van der Waals surface area contributed by atoms with Crippen LogP contribution in [-0.2, 0) is 4.79 Å². The molecule has 3 rings (SSSR count). The van der Waals surface area contributed by atoms with Crippen molar-refractivity contribution in [2.24, 2.45) is 16.6 Å². The Morgan fingerprint density at radius 1 is 1.43 bits per heavy atom. The van der Waals surface area contributed by atoms with Gasteiger partial charge >= 0.3 is 0 Å². The first kappa shape index (κ1) is 19.6. The first-order chi connectivity index (χ1) is 13.4. The number of non-ortho nitro benzene ring substituents is 1. The van der Waals surface area contributed by atoms with Gasteiger partial charge in [0.25, 0.3) is 11.6 Å². The minimum absolute atomic E-state index is 0.0656. The van der Waals surface area contributed by atoms with Gasteiger partial charge in [0.05, 0.1) is 16.6 Å². The van der Waals surface area contributed by atoms with Crippen molar-refractivity contribution in [1.82, 2.24) is 4.90 Å². The highest BCUT2D eigenvalue weighted by atomic mass is 16.6. The number of nitro benzene ring substituents is 1. The van der Waals surface area contributed by atoms with Crippen molar-refractivity contribution < 1.29 is 14.5 Å². The molecule has 2 N–H and O–H groups in total. The molecule has 0 spiro atoms. The van der Waals surface area contributed by atoms with Crippen LogP contribution in [0.3, 0.4) is 0 Å². The number of hydrogen-bond donors (Lipinski definition) is 1. The normalized spacial score (nSPS) is 22.6. The number of ether oxygens (including phenoxy) is 1. The molecule has 0 radical (unpaired) electrons. The maximum absolute atomic E-state index is 12.9. The SMILES string of the molecule is CN1C(=O)C(COc2cc([N+](=O)[O-])ccc2C#N)(CC2CCCCC2)N=C1N. The molecular formula is C19H23N5O4. The highest BCUT2D eigenvalue weighted by molar-refractivity contribution is 6.06. The standard InChI is InChI=1S/C19H23N5O4/c1-23-17(25)19(22-18(23)21,10-13-5-3-2-4-6-13)12-28-16-9-15(24(26)27)8-7-14(16)11-20/h7-9,13H,2-6,10,12H2,1H3,(H2,21,22). The number of nitro groups is 1. The van der Waals surface area contributed by atoms with E-state index in [1.54, 1.807) is 7.05 Å². The van der Waals surface area contributed by atoms with E-state index in [1.807, 2.05) is 6.07 Å². The fraction of sp³-hybridized carbons (Fsp3) is 0.526. The number of carbonyl (C=O) groups is 1. The molecule has 0 aromatic heterocycles. The Morgan fingerprint density at radius 2 is 2.14 bits per heavy atom. The van der Waals surface area contributed by atoms with E-state index in [-0.39, 0.29) is 35.5 Å². The van der Waals surface area contributed by atoms with Crippen molar-refractivity contribution in [3.05, 3.63) is 33.9 Å². The van der Waals surface area contributed by atoms with Crippen LogP contribution in [-0.4, -0.2) is 40.9 Å². The van der Waals surface area contributed by atoms with E-state index in [2.05, 4.69) is 4.99 Å². The summed E-state index contributed by atoms with van der Waals surface area (Å²) in [5.74, 6) is 0.282. The number of aliphatic imine (C=N–C) groups is 1. The summed E-state index contributed by atoms with van der Waals surface area (Å²) in [5, 5.41) is 20.3. The van der Waals surface area contributed by atoms with Crippen LogP contribution in [0.4, 0.5) is 5.69 Å². The van der Waals surface area contributed by atoms with Crippen LogP contribution in [0, 0.1) is 27.4 Å². The van der Waals surface area contributed by atoms with Crippen molar-refractivity contribution >= 4 is 17.6 Å². The summed E-state index contributed by atoms with van der Waals surface area (Å²) in [6.07, 6.45) is 5.98. The molecule has 1 aliphatic heterocycles. The summed E-state index contributed by atoms with van der Waals surface area (Å²) < 4.78 is 5.78. The molecule has 1 unspecified atom stereocenters. The van der Waals surface area contributed by atoms with E-state index in [4.69, 9.17) is 10.5 Å². The van der Waals surface area contributed by atoms with Gasteiger partial charge in [-0.3, -0.25) is 19.8 Å². The Balaban J connectivity index is 1.87. The Hall–Kier alpha value is -3.15. The van der Waals surface area contributed by atoms with Gasteiger partial charge in [0, 0.05) is 13.1 Å². The lowest BCUT2D eigenvalue weighted by atomic mass is 9.79. The molecule has 9 heteroatoms. The van der Waals surface area contributed by atoms with Gasteiger partial charge in [-0.25, -0.2) is 4.99 Å². The number of hydrogen-bond acceptors (Lipinski definition) is 7. The first-order valence-electron chi connectivity index (χ1n) is 9.31. The number of nitriles is 1. The fourth-order valence-corrected chi connectivity index (χ4v) is 3.95. The molecule has 1 fully saturated rings. The molecule has 1 heterocycles. The van der Waals surface area contributed by atoms with Crippen LogP contribution < -0.4 is 10.5 Å². The molecule has 9 nitrogen and oxygen atoms in total. The smallest absolute Gasteiger partial charge is 0.273 e. The average molecular weight is 385 g/mol. The largest absolute Gasteiger partial charge is 0.489 e. The number of amides is 1. The maximum atomic E-state index is 12.9. The molecule has 1 amide bonds. The summed E-state index contributed by atoms with van der Waals surface area (Å²) in [6, 6.07) is 5.73. The number of guanidine groups is 1. The van der Waals surface area contributed by atoms with Gasteiger partial charge in [-0.2, -0.15) is 5.26 Å². The molecule has 0 saturated heterocycles. The zero-order chi connectivity index (χ0) is 20.3. The summed E-state index contributed by atoms with van der Waals surface area (Å²) >= 11 is 0. The van der Waals surface area contributed by atoms with Crippen LogP contribution >= 0.6 is 0 Å². The van der Waals surface area contributed by atoms with E-state index >= 15 is 0 Å². The van der Waals surface area contributed by atoms with Crippen molar-refractivity contribution in [2.45, 2.75) is 44.1 Å². The fourth-order valence-electron chi connectivity index (χ4n) is 3.95. The molecule has 1 aromatic carbocycles. The lowest BCUT2D eigenvalue weighted by Crippen LogP contribution is -2.47. The third kappa shape index (κ3) is 3.76. The number of nitrogens with zero attached hydrogens (tertiary/aromatic N) is 4. The van der Waals surface area contributed by atoms with Crippen molar-refractivity contribution in [1.29, 1.82) is 5.26 Å². The van der Waals surface area contributed by atoms with Crippen molar-refractivity contribution in [2.75, 3.05) is 13.7 Å². The van der Waals surface area contributed by atoms with Crippen LogP contribution in [0.2, 0.25) is 0 Å². The third-order valence-electron chi connectivity index (χ3n) is 5.49. The first-order valence-corrected chi connectivity index (χ1v) is 9.31. The van der Waals surface area contributed by atoms with Gasteiger partial charge in [-0.15, -0.1) is 0 Å². The second kappa shape index (κ2) is 7.84. The zero-order valence-electron chi connectivity index (χ0n) is 15.8. The second-order valence-corrected chi connectivity index (χ2v) is 7.41. The highest BCUT2D eigenvalue weighted by Crippen LogP contribution is 2.36. The van der Waals surface area contributed by atoms with E-state index in [0.29, 0.717) is 12.3 Å². The molecule has 148 valence electrons. The lowest BCUT2D eigenvalue weighted by Gasteiger charge is -2.31. The predicted molar refractivity (Wildman–Crippen MR) is 102 cm³/mol. The molecular weight excluding hydrogens is 362 g/mol. The van der Waals surface area contributed by atoms with E-state index < -0.39 is 10.5 Å². The van der Waals surface area contributed by atoms with Crippen molar-refractivity contribution in [3.63, 3.8) is 0 Å². The van der Waals surface area contributed by atoms with Gasteiger partial charge in [0.1, 0.15) is 18.4 Å². The minimum atomic E-state index is -1.17. The van der Waals surface area contributed by atoms with Crippen LogP contribution in [0.5, 0.6) is 5.75 Å². The Labute approximate surface area is 162 Å². The predicted octanol–water partition coefficient (Wildman–Crippen LogP) is 2.34. The highest BCUT2D eigenvalue weighted by Gasteiger charge is 2.48. The summed E-state index contributed by atoms with van der Waals surface area (Å²) in [4.78, 5) is 29.2. The number of benzene rings is 1. The summed E-state index contributed by atoms with van der Waals surface area (Å²) in [6.45, 7) is -0.122. The van der Waals surface area contributed by atoms with Crippen molar-refractivity contribution in [3.8, 4) is 11.8 Å². The second-order valence-electron chi connectivity index (χ2n) is 7.41. The average Bonchev–Trinajstić information content (AvgIpc) is 2.90. The van der Waals surface area contributed by atoms with Crippen LogP contribution in [0.15, 0.2) is 23.2 Å². The zero-order valence-corrected chi connectivity index (χ0v) is 15.8. The minimum Gasteiger partial charge on any atom is -0.489 e. The van der Waals surface area contributed by atoms with Crippen LogP contribution in [0.25, 0.3) is 0 Å². The van der Waals surface area contributed by atoms with Gasteiger partial charge in [-0.1, -0.05) is 32.1 Å². The summed E-state index contributed by atoms with van der Waals surface area (Å²) in [7, 11) is 1.57. The Bertz CT molecular complexity index is 856. The molecule has 2 aliphatic rings. The topological polar surface area (TPSA) is 135 Å². The molecule has 28 heavy (non-hydrogen) atoms.